The number of ketones is 1. The lowest BCUT2D eigenvalue weighted by Gasteiger charge is -2.42. The number of carbonyl (C=O) groups is 3. The summed E-state index contributed by atoms with van der Waals surface area (Å²) in [4.78, 5) is 40.9. The molecule has 1 aromatic rings. The highest BCUT2D eigenvalue weighted by atomic mass is 16.5. The van der Waals surface area contributed by atoms with Crippen LogP contribution >= 0.6 is 0 Å². The molecule has 0 aliphatic heterocycles. The number of hydrogen-bond acceptors (Lipinski definition) is 7. The Labute approximate surface area is 178 Å². The first-order valence-corrected chi connectivity index (χ1v) is 10.3. The van der Waals surface area contributed by atoms with Crippen molar-refractivity contribution in [3.63, 3.8) is 0 Å². The van der Waals surface area contributed by atoms with Crippen molar-refractivity contribution < 1.29 is 29.0 Å². The number of hydrogen-bond donors (Lipinski definition) is 1. The second-order valence-corrected chi connectivity index (χ2v) is 8.91. The van der Waals surface area contributed by atoms with Crippen molar-refractivity contribution in [1.82, 2.24) is 0 Å². The Hall–Kier alpha value is -2.41. The van der Waals surface area contributed by atoms with Gasteiger partial charge in [0.1, 0.15) is 11.5 Å². The zero-order valence-electron chi connectivity index (χ0n) is 18.8. The van der Waals surface area contributed by atoms with Crippen LogP contribution in [0, 0.1) is 11.8 Å². The Bertz CT molecular complexity index is 781. The molecule has 1 N–H and O–H groups in total. The predicted octanol–water partition coefficient (Wildman–Crippen LogP) is 2.70. The standard InChI is InChI=1S/C23H33NO6/c1-13(2)29-21(26)17-12-23(5,28)20(25)19(22(27)30-14(3)4)18(17)15-8-10-16(11-9-15)24(6)7/h8-11,13-14,17-19,28H,12H2,1-7H3/t17-,18+,19+,23+/m1/s1. The number of rotatable bonds is 6. The molecule has 1 aliphatic rings. The van der Waals surface area contributed by atoms with Gasteiger partial charge in [-0.1, -0.05) is 12.1 Å². The number of carbonyl (C=O) groups excluding carboxylic acids is 3. The molecule has 1 aromatic carbocycles. The highest BCUT2D eigenvalue weighted by Crippen LogP contribution is 2.45. The van der Waals surface area contributed by atoms with Crippen molar-refractivity contribution in [1.29, 1.82) is 0 Å². The Morgan fingerprint density at radius 1 is 1.03 bits per heavy atom. The Kier molecular flexibility index (Phi) is 7.29. The molecule has 0 unspecified atom stereocenters. The molecule has 0 saturated heterocycles. The summed E-state index contributed by atoms with van der Waals surface area (Å²) in [7, 11) is 3.81. The number of esters is 2. The maximum atomic E-state index is 13.1. The minimum atomic E-state index is -1.83. The van der Waals surface area contributed by atoms with Crippen LogP contribution in [0.25, 0.3) is 0 Å². The molecule has 7 heteroatoms. The second-order valence-electron chi connectivity index (χ2n) is 8.91. The van der Waals surface area contributed by atoms with Crippen LogP contribution in [0.2, 0.25) is 0 Å². The fourth-order valence-electron chi connectivity index (χ4n) is 3.91. The molecule has 166 valence electrons. The van der Waals surface area contributed by atoms with E-state index in [0.717, 1.165) is 5.69 Å². The van der Waals surface area contributed by atoms with Crippen molar-refractivity contribution in [3.8, 4) is 0 Å². The molecule has 0 heterocycles. The molecule has 0 radical (unpaired) electrons. The Morgan fingerprint density at radius 3 is 2.00 bits per heavy atom. The number of benzene rings is 1. The van der Waals surface area contributed by atoms with Crippen LogP contribution < -0.4 is 4.90 Å². The zero-order chi connectivity index (χ0) is 22.8. The zero-order valence-corrected chi connectivity index (χ0v) is 18.8. The summed E-state index contributed by atoms with van der Waals surface area (Å²) in [6.07, 6.45) is -0.920. The van der Waals surface area contributed by atoms with Crippen LogP contribution in [0.4, 0.5) is 5.69 Å². The number of ether oxygens (including phenoxy) is 2. The first kappa shape index (κ1) is 23.9. The summed E-state index contributed by atoms with van der Waals surface area (Å²) >= 11 is 0. The van der Waals surface area contributed by atoms with E-state index in [1.165, 1.54) is 6.92 Å². The third-order valence-electron chi connectivity index (χ3n) is 5.28. The van der Waals surface area contributed by atoms with Gasteiger partial charge in [-0.2, -0.15) is 0 Å². The summed E-state index contributed by atoms with van der Waals surface area (Å²) in [5.74, 6) is -4.86. The molecule has 7 nitrogen and oxygen atoms in total. The van der Waals surface area contributed by atoms with E-state index >= 15 is 0 Å². The van der Waals surface area contributed by atoms with Gasteiger partial charge in [0.25, 0.3) is 0 Å². The average Bonchev–Trinajstić information content (AvgIpc) is 2.62. The Morgan fingerprint density at radius 2 is 1.53 bits per heavy atom. The van der Waals surface area contributed by atoms with Crippen molar-refractivity contribution in [3.05, 3.63) is 29.8 Å². The predicted molar refractivity (Wildman–Crippen MR) is 113 cm³/mol. The van der Waals surface area contributed by atoms with Crippen molar-refractivity contribution in [2.75, 3.05) is 19.0 Å². The smallest absolute Gasteiger partial charge is 0.317 e. The minimum absolute atomic E-state index is 0.122. The van der Waals surface area contributed by atoms with Crippen molar-refractivity contribution >= 4 is 23.4 Å². The monoisotopic (exact) mass is 419 g/mol. The normalized spacial score (nSPS) is 26.6. The van der Waals surface area contributed by atoms with Gasteiger partial charge in [0.05, 0.1) is 18.1 Å². The first-order valence-electron chi connectivity index (χ1n) is 10.3. The molecule has 1 saturated carbocycles. The third kappa shape index (κ3) is 5.19. The van der Waals surface area contributed by atoms with Gasteiger partial charge in [0, 0.05) is 25.7 Å². The fraction of sp³-hybridized carbons (Fsp3) is 0.609. The van der Waals surface area contributed by atoms with E-state index in [-0.39, 0.29) is 12.5 Å². The maximum absolute atomic E-state index is 13.1. The van der Waals surface area contributed by atoms with Crippen LogP contribution in [-0.2, 0) is 23.9 Å². The van der Waals surface area contributed by atoms with Gasteiger partial charge in [-0.05, 0) is 58.7 Å². The van der Waals surface area contributed by atoms with Crippen molar-refractivity contribution in [2.45, 2.75) is 64.8 Å². The largest absolute Gasteiger partial charge is 0.463 e. The van der Waals surface area contributed by atoms with Gasteiger partial charge < -0.3 is 19.5 Å². The number of Topliss-reactive ketones (excluding diaryl/α,β-unsaturated/α-hetero) is 1. The highest BCUT2D eigenvalue weighted by molar-refractivity contribution is 6.06. The molecule has 1 fully saturated rings. The van der Waals surface area contributed by atoms with Gasteiger partial charge in [-0.25, -0.2) is 0 Å². The van der Waals surface area contributed by atoms with E-state index in [9.17, 15) is 19.5 Å². The topological polar surface area (TPSA) is 93.1 Å². The Balaban J connectivity index is 2.58. The summed E-state index contributed by atoms with van der Waals surface area (Å²) in [6, 6.07) is 7.34. The quantitative estimate of drug-likeness (QED) is 0.560. The van der Waals surface area contributed by atoms with Gasteiger partial charge in [0.15, 0.2) is 5.78 Å². The molecule has 1 aliphatic carbocycles. The fourth-order valence-corrected chi connectivity index (χ4v) is 3.91. The average molecular weight is 420 g/mol. The SMILES string of the molecule is CC(C)OC(=O)[C@@H]1C(=O)[C@@](C)(O)C[C@@H](C(=O)OC(C)C)[C@@H]1c1ccc(N(C)C)cc1. The lowest BCUT2D eigenvalue weighted by atomic mass is 9.63. The van der Waals surface area contributed by atoms with Crippen molar-refractivity contribution in [2.24, 2.45) is 11.8 Å². The molecule has 0 bridgehead atoms. The molecular weight excluding hydrogens is 386 g/mol. The van der Waals surface area contributed by atoms with Crippen LogP contribution in [0.15, 0.2) is 24.3 Å². The summed E-state index contributed by atoms with van der Waals surface area (Å²) in [5, 5.41) is 10.8. The van der Waals surface area contributed by atoms with E-state index < -0.39 is 47.2 Å². The molecule has 4 atom stereocenters. The number of nitrogens with zero attached hydrogens (tertiary/aromatic N) is 1. The molecule has 2 rings (SSSR count). The van der Waals surface area contributed by atoms with Gasteiger partial charge in [-0.3, -0.25) is 14.4 Å². The molecular formula is C23H33NO6. The van der Waals surface area contributed by atoms with Gasteiger partial charge in [0.2, 0.25) is 0 Å². The van der Waals surface area contributed by atoms with Crippen LogP contribution in [0.5, 0.6) is 0 Å². The summed E-state index contributed by atoms with van der Waals surface area (Å²) < 4.78 is 10.8. The van der Waals surface area contributed by atoms with Crippen LogP contribution in [-0.4, -0.2) is 54.7 Å². The summed E-state index contributed by atoms with van der Waals surface area (Å²) in [6.45, 7) is 8.18. The number of aliphatic hydroxyl groups is 1. The lowest BCUT2D eigenvalue weighted by molar-refractivity contribution is -0.173. The lowest BCUT2D eigenvalue weighted by Crippen LogP contribution is -2.55. The van der Waals surface area contributed by atoms with Crippen LogP contribution in [0.1, 0.15) is 52.5 Å². The molecule has 0 aromatic heterocycles. The maximum Gasteiger partial charge on any atom is 0.317 e. The van der Waals surface area contributed by atoms with E-state index in [2.05, 4.69) is 0 Å². The highest BCUT2D eigenvalue weighted by Gasteiger charge is 2.56. The first-order chi connectivity index (χ1) is 13.8. The van der Waals surface area contributed by atoms with E-state index in [1.54, 1.807) is 39.8 Å². The van der Waals surface area contributed by atoms with Crippen LogP contribution in [0.3, 0.4) is 0 Å². The minimum Gasteiger partial charge on any atom is -0.463 e. The van der Waals surface area contributed by atoms with Gasteiger partial charge in [-0.15, -0.1) is 0 Å². The second kappa shape index (κ2) is 9.16. The third-order valence-corrected chi connectivity index (χ3v) is 5.28. The van der Waals surface area contributed by atoms with E-state index in [4.69, 9.17) is 9.47 Å². The molecule has 0 spiro atoms. The summed E-state index contributed by atoms with van der Waals surface area (Å²) in [5.41, 5.74) is -0.238. The molecule has 30 heavy (non-hydrogen) atoms. The van der Waals surface area contributed by atoms with Gasteiger partial charge >= 0.3 is 11.9 Å². The van der Waals surface area contributed by atoms with E-state index in [0.29, 0.717) is 5.56 Å². The number of anilines is 1. The van der Waals surface area contributed by atoms with E-state index in [1.807, 2.05) is 31.1 Å². The molecule has 0 amide bonds.